The number of benzene rings is 2. The molecule has 32 heavy (non-hydrogen) atoms. The lowest BCUT2D eigenvalue weighted by Crippen LogP contribution is -2.43. The predicted molar refractivity (Wildman–Crippen MR) is 132 cm³/mol. The highest BCUT2D eigenvalue weighted by Crippen LogP contribution is 2.36. The van der Waals surface area contributed by atoms with Crippen LogP contribution in [0.5, 0.6) is 0 Å². The van der Waals surface area contributed by atoms with Gasteiger partial charge >= 0.3 is 0 Å². The Balaban J connectivity index is 1.61. The minimum Gasteiger partial charge on any atom is -0.325 e. The zero-order valence-corrected chi connectivity index (χ0v) is 19.9. The number of hydrogen-bond donors (Lipinski definition) is 1. The van der Waals surface area contributed by atoms with Crippen molar-refractivity contribution in [3.63, 3.8) is 0 Å². The molecule has 166 valence electrons. The van der Waals surface area contributed by atoms with E-state index in [1.165, 1.54) is 11.8 Å². The van der Waals surface area contributed by atoms with Crippen molar-refractivity contribution < 1.29 is 9.59 Å². The molecule has 6 nitrogen and oxygen atoms in total. The van der Waals surface area contributed by atoms with E-state index in [-0.39, 0.29) is 17.7 Å². The fourth-order valence-corrected chi connectivity index (χ4v) is 4.69. The molecule has 3 atom stereocenters. The second-order valence-corrected chi connectivity index (χ2v) is 9.67. The molecule has 2 aliphatic heterocycles. The summed E-state index contributed by atoms with van der Waals surface area (Å²) >= 11 is 1.29. The van der Waals surface area contributed by atoms with E-state index >= 15 is 0 Å². The highest BCUT2D eigenvalue weighted by molar-refractivity contribution is 8.15. The lowest BCUT2D eigenvalue weighted by molar-refractivity contribution is -0.125. The number of para-hydroxylation sites is 1. The van der Waals surface area contributed by atoms with Crippen molar-refractivity contribution in [1.82, 2.24) is 4.90 Å². The standard InChI is InChI=1S/C25H28N4O2S/c1-6-14(2)21-24(31)29-22(28-21)18-11-7-8-12-20(18)27-25(29)32-17(5)23(30)26-19-13-9-10-15(3)16(19)4/h7-14,17,21H,6H2,1-5H3,(H,26,30)/t14-,17+,21+/m0/s1. The van der Waals surface area contributed by atoms with Gasteiger partial charge in [-0.2, -0.15) is 0 Å². The van der Waals surface area contributed by atoms with Crippen LogP contribution in [-0.2, 0) is 9.59 Å². The fourth-order valence-electron chi connectivity index (χ4n) is 3.77. The summed E-state index contributed by atoms with van der Waals surface area (Å²) in [5.74, 6) is 0.561. The van der Waals surface area contributed by atoms with Crippen molar-refractivity contribution >= 4 is 46.0 Å². The van der Waals surface area contributed by atoms with Gasteiger partial charge < -0.3 is 5.32 Å². The molecule has 2 aromatic rings. The SMILES string of the molecule is CC[C@H](C)[C@H]1N=C2c3ccccc3N=C(S[C@H](C)C(=O)Nc3cccc(C)c3C)N2C1=O. The Bertz CT molecular complexity index is 1140. The van der Waals surface area contributed by atoms with Crippen molar-refractivity contribution in [2.75, 3.05) is 5.32 Å². The van der Waals surface area contributed by atoms with E-state index in [4.69, 9.17) is 9.98 Å². The Morgan fingerprint density at radius 1 is 1.16 bits per heavy atom. The van der Waals surface area contributed by atoms with Crippen molar-refractivity contribution in [3.05, 3.63) is 59.2 Å². The second kappa shape index (κ2) is 8.90. The first-order valence-corrected chi connectivity index (χ1v) is 11.8. The summed E-state index contributed by atoms with van der Waals surface area (Å²) in [6, 6.07) is 13.1. The minimum atomic E-state index is -0.448. The summed E-state index contributed by atoms with van der Waals surface area (Å²) < 4.78 is 0. The Hall–Kier alpha value is -2.93. The number of fused-ring (bicyclic) bond motifs is 3. The van der Waals surface area contributed by atoms with E-state index in [0.717, 1.165) is 34.5 Å². The average Bonchev–Trinajstić information content (AvgIpc) is 3.14. The quantitative estimate of drug-likeness (QED) is 0.694. The van der Waals surface area contributed by atoms with E-state index in [9.17, 15) is 9.59 Å². The third-order valence-electron chi connectivity index (χ3n) is 6.20. The molecule has 1 N–H and O–H groups in total. The molecule has 0 saturated heterocycles. The Kier molecular flexibility index (Phi) is 6.20. The third kappa shape index (κ3) is 3.97. The summed E-state index contributed by atoms with van der Waals surface area (Å²) in [6.07, 6.45) is 0.858. The van der Waals surface area contributed by atoms with Crippen LogP contribution in [0, 0.1) is 19.8 Å². The van der Waals surface area contributed by atoms with Gasteiger partial charge in [0.05, 0.1) is 10.9 Å². The molecule has 7 heteroatoms. The highest BCUT2D eigenvalue weighted by atomic mass is 32.2. The fraction of sp³-hybridized carbons (Fsp3) is 0.360. The summed E-state index contributed by atoms with van der Waals surface area (Å²) in [5.41, 5.74) is 4.58. The van der Waals surface area contributed by atoms with E-state index in [1.54, 1.807) is 4.90 Å². The molecule has 0 saturated carbocycles. The van der Waals surface area contributed by atoms with Gasteiger partial charge in [0.2, 0.25) is 5.91 Å². The summed E-state index contributed by atoms with van der Waals surface area (Å²) in [7, 11) is 0. The van der Waals surface area contributed by atoms with Gasteiger partial charge in [0, 0.05) is 11.3 Å². The zero-order chi connectivity index (χ0) is 23.0. The van der Waals surface area contributed by atoms with Crippen LogP contribution in [0.4, 0.5) is 11.4 Å². The zero-order valence-electron chi connectivity index (χ0n) is 19.0. The van der Waals surface area contributed by atoms with Gasteiger partial charge in [0.1, 0.15) is 11.9 Å². The lowest BCUT2D eigenvalue weighted by atomic mass is 10.00. The maximum absolute atomic E-state index is 13.3. The number of amides is 2. The lowest BCUT2D eigenvalue weighted by Gasteiger charge is -2.27. The molecular formula is C25H28N4O2S. The number of nitrogens with zero attached hydrogens (tertiary/aromatic N) is 3. The Morgan fingerprint density at radius 3 is 2.66 bits per heavy atom. The van der Waals surface area contributed by atoms with Crippen molar-refractivity contribution in [2.24, 2.45) is 15.9 Å². The smallest absolute Gasteiger partial charge is 0.259 e. The Morgan fingerprint density at radius 2 is 1.91 bits per heavy atom. The van der Waals surface area contributed by atoms with Gasteiger partial charge in [-0.05, 0) is 56.0 Å². The second-order valence-electron chi connectivity index (χ2n) is 8.37. The molecule has 0 aliphatic carbocycles. The van der Waals surface area contributed by atoms with Gasteiger partial charge in [0.15, 0.2) is 5.17 Å². The van der Waals surface area contributed by atoms with Gasteiger partial charge in [-0.1, -0.05) is 56.3 Å². The van der Waals surface area contributed by atoms with Gasteiger partial charge in [-0.25, -0.2) is 9.89 Å². The first kappa shape index (κ1) is 22.3. The van der Waals surface area contributed by atoms with Gasteiger partial charge in [0.25, 0.3) is 5.91 Å². The Labute approximate surface area is 193 Å². The number of nitrogens with one attached hydrogen (secondary N) is 1. The van der Waals surface area contributed by atoms with E-state index in [1.807, 2.05) is 70.2 Å². The predicted octanol–water partition coefficient (Wildman–Crippen LogP) is 5.07. The number of carbonyl (C=O) groups is 2. The molecule has 2 aliphatic rings. The van der Waals surface area contributed by atoms with Crippen LogP contribution in [0.3, 0.4) is 0 Å². The van der Waals surface area contributed by atoms with Gasteiger partial charge in [-0.15, -0.1) is 0 Å². The summed E-state index contributed by atoms with van der Waals surface area (Å²) in [5, 5.41) is 3.07. The molecule has 2 aromatic carbocycles. The number of rotatable bonds is 5. The number of anilines is 1. The minimum absolute atomic E-state index is 0.0720. The van der Waals surface area contributed by atoms with E-state index < -0.39 is 11.3 Å². The molecule has 0 aromatic heterocycles. The molecule has 0 spiro atoms. The summed E-state index contributed by atoms with van der Waals surface area (Å²) in [4.78, 5) is 37.4. The molecule has 0 fully saturated rings. The van der Waals surface area contributed by atoms with Crippen LogP contribution < -0.4 is 5.32 Å². The van der Waals surface area contributed by atoms with Crippen LogP contribution in [0.15, 0.2) is 52.4 Å². The van der Waals surface area contributed by atoms with Crippen molar-refractivity contribution in [3.8, 4) is 0 Å². The van der Waals surface area contributed by atoms with E-state index in [2.05, 4.69) is 12.2 Å². The molecule has 0 radical (unpaired) electrons. The van der Waals surface area contributed by atoms with Crippen LogP contribution in [0.2, 0.25) is 0 Å². The van der Waals surface area contributed by atoms with Crippen LogP contribution in [0.1, 0.15) is 43.9 Å². The van der Waals surface area contributed by atoms with E-state index in [0.29, 0.717) is 11.0 Å². The number of hydrogen-bond acceptors (Lipinski definition) is 5. The van der Waals surface area contributed by atoms with Crippen LogP contribution in [-0.4, -0.2) is 39.0 Å². The first-order valence-electron chi connectivity index (χ1n) is 11.0. The molecule has 4 rings (SSSR count). The number of aryl methyl sites for hydroxylation is 1. The van der Waals surface area contributed by atoms with Crippen molar-refractivity contribution in [2.45, 2.75) is 52.3 Å². The maximum atomic E-state index is 13.3. The normalized spacial score (nSPS) is 19.0. The summed E-state index contributed by atoms with van der Waals surface area (Å²) in [6.45, 7) is 9.95. The molecular weight excluding hydrogens is 420 g/mol. The van der Waals surface area contributed by atoms with Crippen LogP contribution in [0.25, 0.3) is 0 Å². The molecule has 2 amide bonds. The number of aliphatic imine (C=N–C) groups is 2. The van der Waals surface area contributed by atoms with Crippen molar-refractivity contribution in [1.29, 1.82) is 0 Å². The average molecular weight is 449 g/mol. The van der Waals surface area contributed by atoms with Gasteiger partial charge in [-0.3, -0.25) is 14.6 Å². The number of amidine groups is 2. The number of thioether (sulfide) groups is 1. The largest absolute Gasteiger partial charge is 0.325 e. The highest BCUT2D eigenvalue weighted by Gasteiger charge is 2.43. The molecule has 0 unspecified atom stereocenters. The third-order valence-corrected chi connectivity index (χ3v) is 7.25. The maximum Gasteiger partial charge on any atom is 0.259 e. The number of carbonyl (C=O) groups excluding carboxylic acids is 2. The molecule has 0 bridgehead atoms. The first-order chi connectivity index (χ1) is 15.3. The molecule has 2 heterocycles. The monoisotopic (exact) mass is 448 g/mol. The van der Waals surface area contributed by atoms with Crippen LogP contribution >= 0.6 is 11.8 Å². The topological polar surface area (TPSA) is 74.1 Å².